The van der Waals surface area contributed by atoms with Crippen LogP contribution in [-0.2, 0) is 0 Å². The topological polar surface area (TPSA) is 100 Å². The standard InChI is InChI=1S/C84H55N9/c1-54-41-44-75-67(47-54)66-39-23-24-40-74(66)92(75)65-52-70(83-88-79(58-31-15-5-16-32-58)86-80(89-83)59-33-17-6-18-34-59)78(71(53-65)84-90-81(60-35-19-7-20-36-60)87-82(91-84)61-37-21-8-22-38-61)93-76-45-42-62(55-25-9-2-10-26-55)48-68(76)69-49-63(43-46-77(69)93)64-50-72(56-27-11-3-12-28-56)85-73(51-64)57-29-13-4-14-30-57/h2-53H,1H3. The zero-order valence-electron chi connectivity index (χ0n) is 50.5. The maximum absolute atomic E-state index is 5.62. The van der Waals surface area contributed by atoms with E-state index in [0.717, 1.165) is 133 Å². The first-order valence-corrected chi connectivity index (χ1v) is 31.2. The van der Waals surface area contributed by atoms with Crippen molar-refractivity contribution in [2.24, 2.45) is 0 Å². The van der Waals surface area contributed by atoms with Gasteiger partial charge in [0.15, 0.2) is 34.9 Å². The minimum Gasteiger partial charge on any atom is -0.309 e. The second-order valence-electron chi connectivity index (χ2n) is 23.4. The average Bonchev–Trinajstić information content (AvgIpc) is 1.63. The van der Waals surface area contributed by atoms with Gasteiger partial charge < -0.3 is 9.13 Å². The minimum absolute atomic E-state index is 0.462. The summed E-state index contributed by atoms with van der Waals surface area (Å²) < 4.78 is 4.76. The van der Waals surface area contributed by atoms with Crippen molar-refractivity contribution >= 4 is 43.6 Å². The Morgan fingerprint density at radius 2 is 0.548 bits per heavy atom. The summed E-state index contributed by atoms with van der Waals surface area (Å²) in [6.45, 7) is 2.15. The molecule has 0 saturated heterocycles. The fourth-order valence-corrected chi connectivity index (χ4v) is 13.0. The van der Waals surface area contributed by atoms with Crippen molar-refractivity contribution < 1.29 is 0 Å². The minimum atomic E-state index is 0.462. The predicted molar refractivity (Wildman–Crippen MR) is 379 cm³/mol. The van der Waals surface area contributed by atoms with Gasteiger partial charge in [0, 0.05) is 71.7 Å². The molecule has 0 unspecified atom stereocenters. The van der Waals surface area contributed by atoms with Crippen LogP contribution >= 0.6 is 0 Å². The van der Waals surface area contributed by atoms with E-state index in [2.05, 4.69) is 247 Å². The number of hydrogen-bond donors (Lipinski definition) is 0. The van der Waals surface area contributed by atoms with E-state index in [1.807, 2.05) is 84.9 Å². The zero-order valence-corrected chi connectivity index (χ0v) is 50.5. The highest BCUT2D eigenvalue weighted by molar-refractivity contribution is 6.14. The Hall–Kier alpha value is -12.6. The van der Waals surface area contributed by atoms with Crippen molar-refractivity contribution in [3.05, 3.63) is 321 Å². The lowest BCUT2D eigenvalue weighted by molar-refractivity contribution is 1.05. The van der Waals surface area contributed by atoms with Crippen LogP contribution < -0.4 is 0 Å². The van der Waals surface area contributed by atoms with E-state index in [9.17, 15) is 0 Å². The quantitative estimate of drug-likeness (QED) is 0.120. The number of hydrogen-bond acceptors (Lipinski definition) is 7. The van der Waals surface area contributed by atoms with Gasteiger partial charge in [0.05, 0.1) is 39.1 Å². The van der Waals surface area contributed by atoms with Crippen molar-refractivity contribution in [1.82, 2.24) is 44.0 Å². The van der Waals surface area contributed by atoms with Gasteiger partial charge in [0.1, 0.15) is 0 Å². The van der Waals surface area contributed by atoms with Gasteiger partial charge in [0.2, 0.25) is 0 Å². The summed E-state index contributed by atoms with van der Waals surface area (Å²) in [5, 5.41) is 4.35. The molecule has 5 aromatic heterocycles. The summed E-state index contributed by atoms with van der Waals surface area (Å²) in [5.74, 6) is 3.05. The van der Waals surface area contributed by atoms with Gasteiger partial charge in [-0.15, -0.1) is 0 Å². The van der Waals surface area contributed by atoms with Crippen molar-refractivity contribution in [3.63, 3.8) is 0 Å². The summed E-state index contributed by atoms with van der Waals surface area (Å²) in [5.41, 5.74) is 19.8. The molecule has 12 aromatic carbocycles. The summed E-state index contributed by atoms with van der Waals surface area (Å²) in [7, 11) is 0. The Morgan fingerprint density at radius 1 is 0.215 bits per heavy atom. The fourth-order valence-electron chi connectivity index (χ4n) is 13.0. The molecule has 0 radical (unpaired) electrons. The Kier molecular flexibility index (Phi) is 13.5. The molecule has 0 bridgehead atoms. The van der Waals surface area contributed by atoms with E-state index >= 15 is 0 Å². The van der Waals surface area contributed by atoms with Crippen molar-refractivity contribution in [2.75, 3.05) is 0 Å². The molecule has 0 aliphatic rings. The fraction of sp³-hybridized carbons (Fsp3) is 0.0119. The molecule has 0 aliphatic carbocycles. The van der Waals surface area contributed by atoms with Crippen molar-refractivity contribution in [1.29, 1.82) is 0 Å². The molecule has 9 nitrogen and oxygen atoms in total. The van der Waals surface area contributed by atoms with Gasteiger partial charge in [-0.05, 0) is 95.9 Å². The molecule has 17 rings (SSSR count). The highest BCUT2D eigenvalue weighted by Crippen LogP contribution is 2.46. The van der Waals surface area contributed by atoms with E-state index in [0.29, 0.717) is 34.9 Å². The van der Waals surface area contributed by atoms with Gasteiger partial charge in [0.25, 0.3) is 0 Å². The lowest BCUT2D eigenvalue weighted by atomic mass is 9.98. The third-order valence-electron chi connectivity index (χ3n) is 17.5. The number of aryl methyl sites for hydroxylation is 1. The van der Waals surface area contributed by atoms with E-state index in [4.69, 9.17) is 34.9 Å². The molecule has 5 heterocycles. The molecule has 0 saturated carbocycles. The smallest absolute Gasteiger partial charge is 0.166 e. The maximum Gasteiger partial charge on any atom is 0.166 e. The highest BCUT2D eigenvalue weighted by Gasteiger charge is 2.28. The van der Waals surface area contributed by atoms with Crippen molar-refractivity contribution in [3.8, 4) is 124 Å². The number of rotatable bonds is 12. The normalized spacial score (nSPS) is 11.5. The van der Waals surface area contributed by atoms with Crippen LogP contribution in [0.1, 0.15) is 5.56 Å². The van der Waals surface area contributed by atoms with Gasteiger partial charge in [-0.3, -0.25) is 0 Å². The first-order chi connectivity index (χ1) is 46.0. The Bertz CT molecular complexity index is 5340. The monoisotopic (exact) mass is 1190 g/mol. The molecule has 0 spiro atoms. The number of benzene rings is 12. The second-order valence-corrected chi connectivity index (χ2v) is 23.4. The lowest BCUT2D eigenvalue weighted by Gasteiger charge is -2.21. The third kappa shape index (κ3) is 10.1. The molecule has 0 atom stereocenters. The number of aromatic nitrogens is 9. The SMILES string of the molecule is Cc1ccc2c(c1)c1ccccc1n2-c1cc(-c2nc(-c3ccccc3)nc(-c3ccccc3)n2)c(-n2c3ccc(-c4ccccc4)cc3c3cc(-c4cc(-c5ccccc5)nc(-c5ccccc5)c4)ccc32)c(-c2nc(-c3ccccc3)nc(-c3ccccc3)n2)c1. The van der Waals surface area contributed by atoms with Crippen LogP contribution in [0.2, 0.25) is 0 Å². The summed E-state index contributed by atoms with van der Waals surface area (Å²) in [6, 6.07) is 110. The molecule has 436 valence electrons. The van der Waals surface area contributed by atoms with Crippen LogP contribution in [0.25, 0.3) is 168 Å². The molecular formula is C84H55N9. The summed E-state index contributed by atoms with van der Waals surface area (Å²) in [6.07, 6.45) is 0. The predicted octanol–water partition coefficient (Wildman–Crippen LogP) is 20.6. The van der Waals surface area contributed by atoms with Crippen LogP contribution in [0.3, 0.4) is 0 Å². The zero-order chi connectivity index (χ0) is 61.8. The van der Waals surface area contributed by atoms with Gasteiger partial charge in [-0.1, -0.05) is 254 Å². The van der Waals surface area contributed by atoms with Crippen LogP contribution in [0.15, 0.2) is 315 Å². The Labute approximate surface area is 537 Å². The van der Waals surface area contributed by atoms with E-state index in [1.54, 1.807) is 0 Å². The second kappa shape index (κ2) is 23.1. The number of fused-ring (bicyclic) bond motifs is 6. The Morgan fingerprint density at radius 3 is 0.989 bits per heavy atom. The largest absolute Gasteiger partial charge is 0.309 e. The number of nitrogens with zero attached hydrogens (tertiary/aromatic N) is 9. The molecule has 0 aliphatic heterocycles. The summed E-state index contributed by atoms with van der Waals surface area (Å²) >= 11 is 0. The van der Waals surface area contributed by atoms with Gasteiger partial charge >= 0.3 is 0 Å². The van der Waals surface area contributed by atoms with Gasteiger partial charge in [-0.25, -0.2) is 34.9 Å². The molecule has 0 fully saturated rings. The average molecular weight is 1190 g/mol. The van der Waals surface area contributed by atoms with Crippen molar-refractivity contribution in [2.45, 2.75) is 6.92 Å². The molecule has 0 N–H and O–H groups in total. The first kappa shape index (κ1) is 54.6. The molecular weight excluding hydrogens is 1130 g/mol. The van der Waals surface area contributed by atoms with Crippen LogP contribution in [0, 0.1) is 6.92 Å². The maximum atomic E-state index is 5.62. The Balaban J connectivity index is 1.04. The molecule has 0 amide bonds. The van der Waals surface area contributed by atoms with Crippen LogP contribution in [0.5, 0.6) is 0 Å². The number of pyridine rings is 1. The molecule has 93 heavy (non-hydrogen) atoms. The molecule has 17 aromatic rings. The van der Waals surface area contributed by atoms with E-state index in [-0.39, 0.29) is 0 Å². The first-order valence-electron chi connectivity index (χ1n) is 31.2. The van der Waals surface area contributed by atoms with Gasteiger partial charge in [-0.2, -0.15) is 0 Å². The highest BCUT2D eigenvalue weighted by atomic mass is 15.1. The van der Waals surface area contributed by atoms with Crippen LogP contribution in [0.4, 0.5) is 0 Å². The van der Waals surface area contributed by atoms with E-state index < -0.39 is 0 Å². The lowest BCUT2D eigenvalue weighted by Crippen LogP contribution is -2.09. The number of para-hydroxylation sites is 1. The third-order valence-corrected chi connectivity index (χ3v) is 17.5. The summed E-state index contributed by atoms with van der Waals surface area (Å²) in [4.78, 5) is 38.4. The van der Waals surface area contributed by atoms with Crippen LogP contribution in [-0.4, -0.2) is 44.0 Å². The van der Waals surface area contributed by atoms with E-state index in [1.165, 1.54) is 5.56 Å². The molecule has 9 heteroatoms.